The Bertz CT molecular complexity index is 754. The van der Waals surface area contributed by atoms with Crippen molar-refractivity contribution >= 4 is 17.9 Å². The first-order chi connectivity index (χ1) is 13.6. The summed E-state index contributed by atoms with van der Waals surface area (Å²) in [5.41, 5.74) is 0.517. The molecule has 0 aromatic rings. The average molecular weight is 406 g/mol. The van der Waals surface area contributed by atoms with Crippen LogP contribution in [0, 0.1) is 11.8 Å². The van der Waals surface area contributed by atoms with Gasteiger partial charge in [0.15, 0.2) is 0 Å². The molecule has 0 radical (unpaired) electrons. The molecule has 3 aliphatic rings. The van der Waals surface area contributed by atoms with Crippen LogP contribution in [0.15, 0.2) is 23.8 Å². The van der Waals surface area contributed by atoms with Crippen molar-refractivity contribution in [3.8, 4) is 0 Å². The van der Waals surface area contributed by atoms with Crippen molar-refractivity contribution in [2.24, 2.45) is 11.8 Å². The Labute approximate surface area is 171 Å². The first kappa shape index (κ1) is 21.6. The monoisotopic (exact) mass is 406 g/mol. The Morgan fingerprint density at radius 2 is 2.07 bits per heavy atom. The van der Waals surface area contributed by atoms with Gasteiger partial charge < -0.3 is 18.9 Å². The number of carbonyl (C=O) groups is 3. The van der Waals surface area contributed by atoms with Crippen LogP contribution >= 0.6 is 0 Å². The van der Waals surface area contributed by atoms with Gasteiger partial charge in [-0.25, -0.2) is 4.79 Å². The Morgan fingerprint density at radius 1 is 1.38 bits per heavy atom. The van der Waals surface area contributed by atoms with Gasteiger partial charge in [-0.1, -0.05) is 20.4 Å². The molecule has 0 unspecified atom stereocenters. The molecule has 2 heterocycles. The van der Waals surface area contributed by atoms with E-state index in [0.29, 0.717) is 19.3 Å². The van der Waals surface area contributed by atoms with Crippen LogP contribution in [-0.2, 0) is 33.3 Å². The van der Waals surface area contributed by atoms with Gasteiger partial charge in [0.25, 0.3) is 0 Å². The summed E-state index contributed by atoms with van der Waals surface area (Å²) in [6.45, 7) is 12.8. The lowest BCUT2D eigenvalue weighted by Gasteiger charge is -2.30. The second-order valence-electron chi connectivity index (χ2n) is 8.57. The maximum atomic E-state index is 12.5. The molecule has 0 N–H and O–H groups in total. The number of esters is 3. The predicted molar refractivity (Wildman–Crippen MR) is 104 cm³/mol. The van der Waals surface area contributed by atoms with Crippen LogP contribution in [-0.4, -0.2) is 47.9 Å². The molecule has 0 saturated carbocycles. The van der Waals surface area contributed by atoms with Gasteiger partial charge in [0.05, 0.1) is 23.5 Å². The fourth-order valence-electron chi connectivity index (χ4n) is 4.11. The van der Waals surface area contributed by atoms with Crippen LogP contribution in [0.25, 0.3) is 0 Å². The molecule has 7 atom stereocenters. The summed E-state index contributed by atoms with van der Waals surface area (Å²) in [6, 6.07) is 0. The standard InChI is InChI=1S/C22H30O7/c1-7-11(2)20(24)28-17-10-22(6)18(29-22)9-15(26-14(5)23)12(3)8-16-19(17)13(4)21(25)27-16/h8,11,15-19H,4,7,9-10H2,1-3,5-6H3/b12-8-/t11-,15-,16+,17+,18-,19-,22+/m1/s1. The summed E-state index contributed by atoms with van der Waals surface area (Å²) in [4.78, 5) is 36.4. The van der Waals surface area contributed by atoms with Gasteiger partial charge >= 0.3 is 17.9 Å². The van der Waals surface area contributed by atoms with Crippen LogP contribution in [0.1, 0.15) is 53.9 Å². The average Bonchev–Trinajstić information content (AvgIpc) is 3.17. The zero-order valence-electron chi connectivity index (χ0n) is 17.7. The maximum absolute atomic E-state index is 12.5. The molecular weight excluding hydrogens is 376 g/mol. The Balaban J connectivity index is 1.96. The second kappa shape index (κ2) is 7.94. The first-order valence-corrected chi connectivity index (χ1v) is 10.2. The van der Waals surface area contributed by atoms with Gasteiger partial charge in [-0.2, -0.15) is 0 Å². The van der Waals surface area contributed by atoms with Gasteiger partial charge in [0.2, 0.25) is 0 Å². The minimum atomic E-state index is -0.637. The summed E-state index contributed by atoms with van der Waals surface area (Å²) in [5.74, 6) is -1.95. The summed E-state index contributed by atoms with van der Waals surface area (Å²) < 4.78 is 22.8. The third-order valence-electron chi connectivity index (χ3n) is 6.26. The van der Waals surface area contributed by atoms with Crippen molar-refractivity contribution in [1.82, 2.24) is 0 Å². The molecule has 160 valence electrons. The van der Waals surface area contributed by atoms with E-state index in [1.165, 1.54) is 6.92 Å². The van der Waals surface area contributed by atoms with Gasteiger partial charge in [0.1, 0.15) is 18.3 Å². The summed E-state index contributed by atoms with van der Waals surface area (Å²) in [5, 5.41) is 0. The molecule has 2 aliphatic heterocycles. The molecular formula is C22H30O7. The van der Waals surface area contributed by atoms with Gasteiger partial charge in [0, 0.05) is 25.3 Å². The highest BCUT2D eigenvalue weighted by atomic mass is 16.6. The van der Waals surface area contributed by atoms with Crippen molar-refractivity contribution in [3.05, 3.63) is 23.8 Å². The van der Waals surface area contributed by atoms with Crippen molar-refractivity contribution in [2.45, 2.75) is 83.9 Å². The molecule has 7 heteroatoms. The maximum Gasteiger partial charge on any atom is 0.334 e. The third-order valence-corrected chi connectivity index (χ3v) is 6.26. The van der Waals surface area contributed by atoms with Gasteiger partial charge in [-0.3, -0.25) is 9.59 Å². The number of fused-ring (bicyclic) bond motifs is 2. The molecule has 0 spiro atoms. The highest BCUT2D eigenvalue weighted by Gasteiger charge is 2.58. The lowest BCUT2D eigenvalue weighted by molar-refractivity contribution is -0.157. The van der Waals surface area contributed by atoms with Crippen LogP contribution < -0.4 is 0 Å². The molecule has 0 aromatic heterocycles. The molecule has 0 bridgehead atoms. The molecule has 2 saturated heterocycles. The molecule has 0 amide bonds. The fourth-order valence-corrected chi connectivity index (χ4v) is 4.11. The van der Waals surface area contributed by atoms with Crippen molar-refractivity contribution in [3.63, 3.8) is 0 Å². The van der Waals surface area contributed by atoms with E-state index < -0.39 is 35.8 Å². The van der Waals surface area contributed by atoms with Crippen LogP contribution in [0.4, 0.5) is 0 Å². The zero-order chi connectivity index (χ0) is 21.5. The predicted octanol–water partition coefficient (Wildman–Crippen LogP) is 2.87. The minimum absolute atomic E-state index is 0.136. The highest BCUT2D eigenvalue weighted by molar-refractivity contribution is 5.91. The van der Waals surface area contributed by atoms with E-state index in [2.05, 4.69) is 6.58 Å². The lowest BCUT2D eigenvalue weighted by atomic mass is 9.82. The van der Waals surface area contributed by atoms with Crippen LogP contribution in [0.3, 0.4) is 0 Å². The molecule has 7 nitrogen and oxygen atoms in total. The molecule has 29 heavy (non-hydrogen) atoms. The Morgan fingerprint density at radius 3 is 2.69 bits per heavy atom. The molecule has 0 aromatic carbocycles. The third kappa shape index (κ3) is 4.39. The quantitative estimate of drug-likeness (QED) is 0.233. The van der Waals surface area contributed by atoms with Crippen molar-refractivity contribution < 1.29 is 33.3 Å². The topological polar surface area (TPSA) is 91.4 Å². The van der Waals surface area contributed by atoms with Crippen LogP contribution in [0.5, 0.6) is 0 Å². The minimum Gasteiger partial charge on any atom is -0.461 e. The van der Waals surface area contributed by atoms with E-state index in [0.717, 1.165) is 5.57 Å². The van der Waals surface area contributed by atoms with E-state index >= 15 is 0 Å². The normalized spacial score (nSPS) is 39.2. The SMILES string of the molecule is C=C1C(=O)O[C@H]2/C=C(/C)[C@H](OC(C)=O)C[C@H]3O[C@@]3(C)C[C@H](OC(=O)[C@H](C)CC)[C@H]12. The largest absolute Gasteiger partial charge is 0.461 e. The van der Waals surface area contributed by atoms with E-state index in [-0.39, 0.29) is 29.5 Å². The van der Waals surface area contributed by atoms with Crippen molar-refractivity contribution in [1.29, 1.82) is 0 Å². The van der Waals surface area contributed by atoms with E-state index in [1.54, 1.807) is 6.08 Å². The molecule has 2 fully saturated rings. The highest BCUT2D eigenvalue weighted by Crippen LogP contribution is 2.48. The fraction of sp³-hybridized carbons (Fsp3) is 0.682. The van der Waals surface area contributed by atoms with Gasteiger partial charge in [-0.05, 0) is 31.9 Å². The molecule has 1 aliphatic carbocycles. The second-order valence-corrected chi connectivity index (χ2v) is 8.57. The van der Waals surface area contributed by atoms with Crippen molar-refractivity contribution in [2.75, 3.05) is 0 Å². The smallest absolute Gasteiger partial charge is 0.334 e. The number of rotatable bonds is 4. The number of hydrogen-bond acceptors (Lipinski definition) is 7. The molecule has 3 rings (SSSR count). The van der Waals surface area contributed by atoms with E-state index in [9.17, 15) is 14.4 Å². The Hall–Kier alpha value is -2.15. The Kier molecular flexibility index (Phi) is 5.90. The number of carbonyl (C=O) groups excluding carboxylic acids is 3. The lowest BCUT2D eigenvalue weighted by Crippen LogP contribution is -2.39. The van der Waals surface area contributed by atoms with E-state index in [1.807, 2.05) is 27.7 Å². The summed E-state index contributed by atoms with van der Waals surface area (Å²) >= 11 is 0. The zero-order valence-corrected chi connectivity index (χ0v) is 17.7. The number of hydrogen-bond donors (Lipinski definition) is 0. The summed E-state index contributed by atoms with van der Waals surface area (Å²) in [6.07, 6.45) is 1.52. The summed E-state index contributed by atoms with van der Waals surface area (Å²) in [7, 11) is 0. The van der Waals surface area contributed by atoms with E-state index in [4.69, 9.17) is 18.9 Å². The number of ether oxygens (including phenoxy) is 4. The van der Waals surface area contributed by atoms with Gasteiger partial charge in [-0.15, -0.1) is 0 Å². The number of epoxide rings is 1. The van der Waals surface area contributed by atoms with Crippen LogP contribution in [0.2, 0.25) is 0 Å². The first-order valence-electron chi connectivity index (χ1n) is 10.2.